The van der Waals surface area contributed by atoms with Gasteiger partial charge in [-0.3, -0.25) is 9.36 Å². The Morgan fingerprint density at radius 2 is 1.56 bits per heavy atom. The lowest BCUT2D eigenvalue weighted by Crippen LogP contribution is -2.39. The summed E-state index contributed by atoms with van der Waals surface area (Å²) in [6.07, 6.45) is 3.75. The summed E-state index contributed by atoms with van der Waals surface area (Å²) in [5, 5.41) is 4.52. The third-order valence-corrected chi connectivity index (χ3v) is 9.68. The van der Waals surface area contributed by atoms with Crippen molar-refractivity contribution in [2.45, 2.75) is 18.9 Å². The van der Waals surface area contributed by atoms with Crippen LogP contribution in [0.5, 0.6) is 11.5 Å². The minimum Gasteiger partial charge on any atom is -0.497 e. The van der Waals surface area contributed by atoms with Crippen LogP contribution in [-0.2, 0) is 6.42 Å². The Balaban J connectivity index is 1.45. The molecule has 0 saturated carbocycles. The van der Waals surface area contributed by atoms with E-state index in [2.05, 4.69) is 84.9 Å². The van der Waals surface area contributed by atoms with E-state index in [1.807, 2.05) is 22.8 Å². The first-order chi connectivity index (χ1) is 21.1. The van der Waals surface area contributed by atoms with Gasteiger partial charge in [-0.25, -0.2) is 4.99 Å². The Hall–Kier alpha value is -4.94. The van der Waals surface area contributed by atoms with Crippen molar-refractivity contribution in [3.63, 3.8) is 0 Å². The highest BCUT2D eigenvalue weighted by Crippen LogP contribution is 2.44. The SMILES string of the molecule is COc1ccc(OC)c(C2C3=C(N=c4s/c(=C\c5c6ccccc6cc6ccccc56)c(=O)n42)c2ccccc2CC3)c1. The summed E-state index contributed by atoms with van der Waals surface area (Å²) in [5.41, 5.74) is 6.38. The summed E-state index contributed by atoms with van der Waals surface area (Å²) in [7, 11) is 3.33. The maximum absolute atomic E-state index is 14.5. The third kappa shape index (κ3) is 4.05. The predicted octanol–water partition coefficient (Wildman–Crippen LogP) is 6.64. The molecule has 6 aromatic rings. The summed E-state index contributed by atoms with van der Waals surface area (Å²) in [4.78, 5) is 20.4. The standard InChI is InChI=1S/C37H28N2O3S/c1-41-25-16-18-32(42-2)31(20-25)35-29-17-15-22-9-3-8-14-28(22)34(29)38-37-39(35)36(40)33(43-37)21-30-26-12-6-4-10-23(26)19-24-11-5-7-13-27(24)30/h3-14,16,18-21,35H,15,17H2,1-2H3/b33-21-. The number of benzene rings is 5. The van der Waals surface area contributed by atoms with Crippen LogP contribution < -0.4 is 24.4 Å². The molecule has 5 nitrogen and oxygen atoms in total. The minimum absolute atomic E-state index is 0.0546. The first kappa shape index (κ1) is 25.7. The minimum atomic E-state index is -0.365. The number of allylic oxidation sites excluding steroid dienone is 1. The van der Waals surface area contributed by atoms with Gasteiger partial charge in [0.05, 0.1) is 30.5 Å². The quantitative estimate of drug-likeness (QED) is 0.220. The van der Waals surface area contributed by atoms with Gasteiger partial charge in [-0.1, -0.05) is 84.1 Å². The van der Waals surface area contributed by atoms with Crippen LogP contribution >= 0.6 is 11.3 Å². The molecule has 1 aliphatic heterocycles. The summed E-state index contributed by atoms with van der Waals surface area (Å²) in [6.45, 7) is 0. The van der Waals surface area contributed by atoms with E-state index in [-0.39, 0.29) is 11.6 Å². The molecule has 43 heavy (non-hydrogen) atoms. The zero-order valence-electron chi connectivity index (χ0n) is 23.8. The first-order valence-corrected chi connectivity index (χ1v) is 15.2. The third-order valence-electron chi connectivity index (χ3n) is 8.69. The van der Waals surface area contributed by atoms with Gasteiger partial charge in [0.2, 0.25) is 0 Å². The molecule has 2 aliphatic rings. The van der Waals surface area contributed by atoms with Crippen LogP contribution in [-0.4, -0.2) is 18.8 Å². The van der Waals surface area contributed by atoms with Gasteiger partial charge in [0.25, 0.3) is 5.56 Å². The molecule has 0 saturated heterocycles. The fourth-order valence-corrected chi connectivity index (χ4v) is 7.67. The molecule has 0 fully saturated rings. The second-order valence-corrected chi connectivity index (χ2v) is 12.0. The smallest absolute Gasteiger partial charge is 0.271 e. The number of aromatic nitrogens is 1. The molecular weight excluding hydrogens is 552 g/mol. The van der Waals surface area contributed by atoms with Crippen LogP contribution in [0.15, 0.2) is 112 Å². The Labute approximate surface area is 252 Å². The van der Waals surface area contributed by atoms with Crippen molar-refractivity contribution in [1.82, 2.24) is 4.57 Å². The summed E-state index contributed by atoms with van der Waals surface area (Å²) < 4.78 is 14.0. The van der Waals surface area contributed by atoms with Crippen molar-refractivity contribution in [3.05, 3.63) is 145 Å². The first-order valence-electron chi connectivity index (χ1n) is 14.4. The fraction of sp³-hybridized carbons (Fsp3) is 0.135. The highest BCUT2D eigenvalue weighted by Gasteiger charge is 2.34. The Kier molecular flexibility index (Phi) is 6.05. The molecule has 1 aromatic heterocycles. The maximum atomic E-state index is 14.5. The van der Waals surface area contributed by atoms with E-state index < -0.39 is 0 Å². The number of nitrogens with zero attached hydrogens (tertiary/aromatic N) is 2. The molecule has 1 aliphatic carbocycles. The number of hydrogen-bond donors (Lipinski definition) is 0. The number of thiazole rings is 1. The van der Waals surface area contributed by atoms with Gasteiger partial charge < -0.3 is 9.47 Å². The molecule has 5 aromatic carbocycles. The molecule has 0 radical (unpaired) electrons. The van der Waals surface area contributed by atoms with E-state index in [1.54, 1.807) is 14.2 Å². The second kappa shape index (κ2) is 10.1. The number of aryl methyl sites for hydroxylation is 1. The normalized spacial score (nSPS) is 16.0. The number of hydrogen-bond acceptors (Lipinski definition) is 5. The molecule has 0 spiro atoms. The van der Waals surface area contributed by atoms with Crippen molar-refractivity contribution in [3.8, 4) is 11.5 Å². The average molecular weight is 581 g/mol. The van der Waals surface area contributed by atoms with Crippen LogP contribution in [0.3, 0.4) is 0 Å². The van der Waals surface area contributed by atoms with Crippen molar-refractivity contribution in [2.24, 2.45) is 4.99 Å². The molecule has 2 heterocycles. The number of rotatable bonds is 4. The average Bonchev–Trinajstić information content (AvgIpc) is 3.37. The highest BCUT2D eigenvalue weighted by atomic mass is 32.1. The molecule has 1 unspecified atom stereocenters. The summed E-state index contributed by atoms with van der Waals surface area (Å²) in [5.74, 6) is 1.43. The number of fused-ring (bicyclic) bond motifs is 5. The lowest BCUT2D eigenvalue weighted by atomic mass is 9.83. The maximum Gasteiger partial charge on any atom is 0.271 e. The largest absolute Gasteiger partial charge is 0.497 e. The molecule has 0 bridgehead atoms. The molecule has 6 heteroatoms. The van der Waals surface area contributed by atoms with E-state index in [0.29, 0.717) is 15.1 Å². The highest BCUT2D eigenvalue weighted by molar-refractivity contribution is 7.07. The monoisotopic (exact) mass is 580 g/mol. The van der Waals surface area contributed by atoms with Crippen molar-refractivity contribution in [2.75, 3.05) is 14.2 Å². The Morgan fingerprint density at radius 3 is 2.30 bits per heavy atom. The van der Waals surface area contributed by atoms with E-state index >= 15 is 0 Å². The zero-order valence-corrected chi connectivity index (χ0v) is 24.7. The van der Waals surface area contributed by atoms with Gasteiger partial charge in [-0.15, -0.1) is 0 Å². The zero-order chi connectivity index (χ0) is 29.1. The van der Waals surface area contributed by atoms with Gasteiger partial charge in [-0.05, 0) is 81.4 Å². The van der Waals surface area contributed by atoms with Crippen molar-refractivity contribution >= 4 is 44.7 Å². The molecule has 0 N–H and O–H groups in total. The van der Waals surface area contributed by atoms with Crippen LogP contribution in [0.1, 0.15) is 34.7 Å². The number of methoxy groups -OCH3 is 2. The topological polar surface area (TPSA) is 52.8 Å². The second-order valence-electron chi connectivity index (χ2n) is 11.0. The summed E-state index contributed by atoms with van der Waals surface area (Å²) in [6, 6.07) is 32.8. The van der Waals surface area contributed by atoms with Gasteiger partial charge in [0.15, 0.2) is 4.80 Å². The molecule has 1 atom stereocenters. The fourth-order valence-electron chi connectivity index (χ4n) is 6.69. The van der Waals surface area contributed by atoms with Crippen LogP contribution in [0.2, 0.25) is 0 Å². The van der Waals surface area contributed by atoms with E-state index in [0.717, 1.165) is 68.1 Å². The molecule has 210 valence electrons. The van der Waals surface area contributed by atoms with Crippen LogP contribution in [0, 0.1) is 0 Å². The van der Waals surface area contributed by atoms with E-state index in [4.69, 9.17) is 14.5 Å². The van der Waals surface area contributed by atoms with E-state index in [9.17, 15) is 4.79 Å². The van der Waals surface area contributed by atoms with Gasteiger partial charge in [0, 0.05) is 11.1 Å². The Morgan fingerprint density at radius 1 is 0.837 bits per heavy atom. The Bertz CT molecular complexity index is 2260. The molecular formula is C37H28N2O3S. The predicted molar refractivity (Wildman–Crippen MR) is 174 cm³/mol. The van der Waals surface area contributed by atoms with Gasteiger partial charge in [-0.2, -0.15) is 0 Å². The van der Waals surface area contributed by atoms with E-state index in [1.165, 1.54) is 16.9 Å². The van der Waals surface area contributed by atoms with Crippen molar-refractivity contribution in [1.29, 1.82) is 0 Å². The lowest BCUT2D eigenvalue weighted by molar-refractivity contribution is 0.392. The lowest BCUT2D eigenvalue weighted by Gasteiger charge is -2.31. The van der Waals surface area contributed by atoms with Crippen LogP contribution in [0.25, 0.3) is 33.3 Å². The van der Waals surface area contributed by atoms with Crippen LogP contribution in [0.4, 0.5) is 0 Å². The molecule has 0 amide bonds. The number of ether oxygens (including phenoxy) is 2. The van der Waals surface area contributed by atoms with Gasteiger partial charge in [0.1, 0.15) is 11.5 Å². The van der Waals surface area contributed by atoms with Gasteiger partial charge >= 0.3 is 0 Å². The van der Waals surface area contributed by atoms with Crippen molar-refractivity contribution < 1.29 is 9.47 Å². The summed E-state index contributed by atoms with van der Waals surface area (Å²) >= 11 is 1.45. The molecule has 8 rings (SSSR count).